The van der Waals surface area contributed by atoms with Gasteiger partial charge in [-0.15, -0.1) is 5.10 Å². The molecule has 1 aromatic carbocycles. The average molecular weight is 369 g/mol. The Morgan fingerprint density at radius 2 is 1.95 bits per heavy atom. The van der Waals surface area contributed by atoms with Crippen molar-refractivity contribution in [2.45, 2.75) is 10.9 Å². The van der Waals surface area contributed by atoms with Crippen LogP contribution in [0.1, 0.15) is 0 Å². The number of aromatic nitrogens is 2. The summed E-state index contributed by atoms with van der Waals surface area (Å²) in [6.07, 6.45) is 1.59. The topological polar surface area (TPSA) is 75.2 Å². The summed E-state index contributed by atoms with van der Waals surface area (Å²) in [6.45, 7) is 0.834. The van der Waals surface area contributed by atoms with Crippen molar-refractivity contribution in [2.24, 2.45) is 0 Å². The van der Waals surface area contributed by atoms with Gasteiger partial charge in [-0.25, -0.2) is 8.42 Å². The lowest BCUT2D eigenvalue weighted by Gasteiger charge is -2.38. The van der Waals surface area contributed by atoms with Gasteiger partial charge in [-0.3, -0.25) is 0 Å². The standard InChI is InChI=1S/C13H13BrN4O2S/c14-11-4-1-2-5-12(11)21(19,20)18-8-10(9-18)16-13-6-3-7-15-17-13/h1-7,10H,8-9H2,(H,16,17). The van der Waals surface area contributed by atoms with Crippen LogP contribution in [0.4, 0.5) is 5.82 Å². The van der Waals surface area contributed by atoms with Crippen LogP contribution in [0.15, 0.2) is 52.0 Å². The highest BCUT2D eigenvalue weighted by molar-refractivity contribution is 9.10. The summed E-state index contributed by atoms with van der Waals surface area (Å²) in [5, 5.41) is 10.9. The number of benzene rings is 1. The van der Waals surface area contributed by atoms with E-state index in [9.17, 15) is 8.42 Å². The van der Waals surface area contributed by atoms with Crippen LogP contribution in [0.5, 0.6) is 0 Å². The lowest BCUT2D eigenvalue weighted by Crippen LogP contribution is -2.56. The van der Waals surface area contributed by atoms with E-state index >= 15 is 0 Å². The molecular weight excluding hydrogens is 356 g/mol. The van der Waals surface area contributed by atoms with Gasteiger partial charge >= 0.3 is 0 Å². The Bertz CT molecular complexity index is 733. The summed E-state index contributed by atoms with van der Waals surface area (Å²) in [5.41, 5.74) is 0. The number of nitrogens with zero attached hydrogens (tertiary/aromatic N) is 3. The van der Waals surface area contributed by atoms with E-state index in [0.29, 0.717) is 28.3 Å². The Morgan fingerprint density at radius 1 is 1.19 bits per heavy atom. The molecule has 2 heterocycles. The number of hydrogen-bond acceptors (Lipinski definition) is 5. The van der Waals surface area contributed by atoms with E-state index in [1.54, 1.807) is 42.6 Å². The van der Waals surface area contributed by atoms with Crippen molar-refractivity contribution in [3.05, 3.63) is 47.1 Å². The smallest absolute Gasteiger partial charge is 0.244 e. The highest BCUT2D eigenvalue weighted by Gasteiger charge is 2.37. The zero-order valence-electron chi connectivity index (χ0n) is 11.0. The minimum atomic E-state index is -3.45. The van der Waals surface area contributed by atoms with Gasteiger partial charge in [-0.05, 0) is 40.2 Å². The second kappa shape index (κ2) is 5.70. The molecule has 0 atom stereocenters. The van der Waals surface area contributed by atoms with Crippen LogP contribution in [0.3, 0.4) is 0 Å². The summed E-state index contributed by atoms with van der Waals surface area (Å²) in [7, 11) is -3.45. The monoisotopic (exact) mass is 368 g/mol. The largest absolute Gasteiger partial charge is 0.363 e. The van der Waals surface area contributed by atoms with Gasteiger partial charge in [0, 0.05) is 23.8 Å². The van der Waals surface area contributed by atoms with Gasteiger partial charge in [0.1, 0.15) is 5.82 Å². The van der Waals surface area contributed by atoms with E-state index in [1.165, 1.54) is 4.31 Å². The fourth-order valence-electron chi connectivity index (χ4n) is 2.11. The van der Waals surface area contributed by atoms with Crippen molar-refractivity contribution < 1.29 is 8.42 Å². The molecule has 0 bridgehead atoms. The summed E-state index contributed by atoms with van der Waals surface area (Å²) < 4.78 is 27.0. The molecule has 3 rings (SSSR count). The molecule has 0 unspecified atom stereocenters. The third kappa shape index (κ3) is 2.92. The summed E-state index contributed by atoms with van der Waals surface area (Å²) >= 11 is 3.28. The van der Waals surface area contributed by atoms with Gasteiger partial charge in [0.15, 0.2) is 0 Å². The molecule has 1 aliphatic rings. The number of halogens is 1. The third-order valence-corrected chi connectivity index (χ3v) is 6.07. The van der Waals surface area contributed by atoms with Gasteiger partial charge in [0.25, 0.3) is 0 Å². The first-order chi connectivity index (χ1) is 10.1. The van der Waals surface area contributed by atoms with Gasteiger partial charge < -0.3 is 5.32 Å². The molecule has 0 radical (unpaired) electrons. The first-order valence-corrected chi connectivity index (χ1v) is 8.59. The van der Waals surface area contributed by atoms with Crippen LogP contribution in [0, 0.1) is 0 Å². The molecule has 2 aromatic rings. The van der Waals surface area contributed by atoms with Crippen molar-refractivity contribution in [1.82, 2.24) is 14.5 Å². The first kappa shape index (κ1) is 14.4. The molecule has 0 spiro atoms. The van der Waals surface area contributed by atoms with Crippen LogP contribution < -0.4 is 5.32 Å². The Balaban J connectivity index is 1.67. The van der Waals surface area contributed by atoms with Gasteiger partial charge in [-0.1, -0.05) is 12.1 Å². The highest BCUT2D eigenvalue weighted by atomic mass is 79.9. The second-order valence-corrected chi connectivity index (χ2v) is 7.46. The Kier molecular flexibility index (Phi) is 3.92. The van der Waals surface area contributed by atoms with Crippen molar-refractivity contribution in [3.63, 3.8) is 0 Å². The molecule has 110 valence electrons. The van der Waals surface area contributed by atoms with Crippen LogP contribution in [-0.2, 0) is 10.0 Å². The molecule has 1 saturated heterocycles. The summed E-state index contributed by atoms with van der Waals surface area (Å²) in [5.74, 6) is 0.653. The Morgan fingerprint density at radius 3 is 2.62 bits per heavy atom. The Hall–Kier alpha value is -1.51. The van der Waals surface area contributed by atoms with Crippen molar-refractivity contribution in [2.75, 3.05) is 18.4 Å². The van der Waals surface area contributed by atoms with E-state index in [0.717, 1.165) is 0 Å². The number of rotatable bonds is 4. The van der Waals surface area contributed by atoms with Crippen molar-refractivity contribution in [3.8, 4) is 0 Å². The molecule has 0 aliphatic carbocycles. The lowest BCUT2D eigenvalue weighted by atomic mass is 10.2. The lowest BCUT2D eigenvalue weighted by molar-refractivity contribution is 0.280. The maximum Gasteiger partial charge on any atom is 0.244 e. The molecule has 8 heteroatoms. The van der Waals surface area contributed by atoms with E-state index in [-0.39, 0.29) is 6.04 Å². The van der Waals surface area contributed by atoms with Gasteiger partial charge in [-0.2, -0.15) is 9.40 Å². The minimum absolute atomic E-state index is 0.0546. The predicted octanol–water partition coefficient (Wildman–Crippen LogP) is 1.72. The SMILES string of the molecule is O=S(=O)(c1ccccc1Br)N1CC(Nc2cccnn2)C1. The number of hydrogen-bond donors (Lipinski definition) is 1. The zero-order chi connectivity index (χ0) is 14.9. The molecule has 6 nitrogen and oxygen atoms in total. The third-order valence-electron chi connectivity index (χ3n) is 3.23. The van der Waals surface area contributed by atoms with Crippen molar-refractivity contribution in [1.29, 1.82) is 0 Å². The van der Waals surface area contributed by atoms with E-state index in [4.69, 9.17) is 0 Å². The molecule has 1 N–H and O–H groups in total. The number of anilines is 1. The molecular formula is C13H13BrN4O2S. The van der Waals surface area contributed by atoms with Crippen LogP contribution in [-0.4, -0.2) is 42.1 Å². The van der Waals surface area contributed by atoms with E-state index in [1.807, 2.05) is 0 Å². The summed E-state index contributed by atoms with van der Waals surface area (Å²) in [4.78, 5) is 0.294. The van der Waals surface area contributed by atoms with Crippen LogP contribution in [0.25, 0.3) is 0 Å². The maximum atomic E-state index is 12.5. The number of nitrogens with one attached hydrogen (secondary N) is 1. The highest BCUT2D eigenvalue weighted by Crippen LogP contribution is 2.28. The molecule has 1 fully saturated rings. The minimum Gasteiger partial charge on any atom is -0.363 e. The first-order valence-electron chi connectivity index (χ1n) is 6.36. The second-order valence-electron chi connectivity index (χ2n) is 4.70. The quantitative estimate of drug-likeness (QED) is 0.889. The van der Waals surface area contributed by atoms with E-state index < -0.39 is 10.0 Å². The normalized spacial score (nSPS) is 16.4. The fourth-order valence-corrected chi connectivity index (χ4v) is 4.60. The zero-order valence-corrected chi connectivity index (χ0v) is 13.4. The predicted molar refractivity (Wildman–Crippen MR) is 82.3 cm³/mol. The van der Waals surface area contributed by atoms with Crippen molar-refractivity contribution >= 4 is 31.8 Å². The van der Waals surface area contributed by atoms with Gasteiger partial charge in [0.05, 0.1) is 10.9 Å². The summed E-state index contributed by atoms with van der Waals surface area (Å²) in [6, 6.07) is 10.5. The molecule has 0 amide bonds. The van der Waals surface area contributed by atoms with Gasteiger partial charge in [0.2, 0.25) is 10.0 Å². The molecule has 1 aromatic heterocycles. The van der Waals surface area contributed by atoms with Crippen LogP contribution in [0.2, 0.25) is 0 Å². The number of sulfonamides is 1. The molecule has 21 heavy (non-hydrogen) atoms. The van der Waals surface area contributed by atoms with Crippen LogP contribution >= 0.6 is 15.9 Å². The maximum absolute atomic E-state index is 12.5. The average Bonchev–Trinajstić information content (AvgIpc) is 2.43. The Labute approximate surface area is 131 Å². The molecule has 1 aliphatic heterocycles. The van der Waals surface area contributed by atoms with E-state index in [2.05, 4.69) is 31.4 Å². The fraction of sp³-hybridized carbons (Fsp3) is 0.231. The molecule has 0 saturated carbocycles.